The van der Waals surface area contributed by atoms with Gasteiger partial charge in [-0.2, -0.15) is 0 Å². The van der Waals surface area contributed by atoms with Gasteiger partial charge in [0.15, 0.2) is 5.76 Å². The number of carbonyl (C=O) groups is 1. The molecular weight excluding hydrogens is 292 g/mol. The van der Waals surface area contributed by atoms with Crippen LogP contribution in [0.3, 0.4) is 0 Å². The maximum Gasteiger partial charge on any atom is 0.289 e. The molecule has 23 heavy (non-hydrogen) atoms. The summed E-state index contributed by atoms with van der Waals surface area (Å²) in [6.45, 7) is 7.54. The molecule has 0 radical (unpaired) electrons. The van der Waals surface area contributed by atoms with Crippen molar-refractivity contribution in [3.63, 3.8) is 0 Å². The van der Waals surface area contributed by atoms with Crippen molar-refractivity contribution in [3.05, 3.63) is 24.2 Å². The molecule has 0 aliphatic carbocycles. The third kappa shape index (κ3) is 5.66. The monoisotopic (exact) mass is 322 g/mol. The molecule has 1 aliphatic rings. The lowest BCUT2D eigenvalue weighted by molar-refractivity contribution is -0.0757. The lowest BCUT2D eigenvalue weighted by atomic mass is 9.88. The molecule has 130 valence electrons. The van der Waals surface area contributed by atoms with Crippen LogP contribution in [0.25, 0.3) is 0 Å². The van der Waals surface area contributed by atoms with Crippen LogP contribution in [0.5, 0.6) is 0 Å². The SMILES string of the molecule is CN(C)CCCN(C[C@H]1CCOC(C)(C)C1)C(=O)c1ccco1. The Labute approximate surface area is 139 Å². The number of furan rings is 1. The summed E-state index contributed by atoms with van der Waals surface area (Å²) < 4.78 is 11.1. The van der Waals surface area contributed by atoms with Crippen LogP contribution in [0.2, 0.25) is 0 Å². The van der Waals surface area contributed by atoms with E-state index in [2.05, 4.69) is 32.8 Å². The van der Waals surface area contributed by atoms with Crippen molar-refractivity contribution >= 4 is 5.91 Å². The number of ether oxygens (including phenoxy) is 1. The van der Waals surface area contributed by atoms with Crippen LogP contribution in [0.1, 0.15) is 43.7 Å². The molecule has 0 saturated carbocycles. The maximum atomic E-state index is 12.7. The van der Waals surface area contributed by atoms with Gasteiger partial charge in [0.25, 0.3) is 5.91 Å². The number of hydrogen-bond donors (Lipinski definition) is 0. The van der Waals surface area contributed by atoms with E-state index in [-0.39, 0.29) is 11.5 Å². The quantitative estimate of drug-likeness (QED) is 0.774. The molecule has 1 atom stereocenters. The van der Waals surface area contributed by atoms with Gasteiger partial charge in [0, 0.05) is 19.7 Å². The zero-order valence-electron chi connectivity index (χ0n) is 14.9. The van der Waals surface area contributed by atoms with E-state index >= 15 is 0 Å². The van der Waals surface area contributed by atoms with Crippen molar-refractivity contribution in [3.8, 4) is 0 Å². The maximum absolute atomic E-state index is 12.7. The van der Waals surface area contributed by atoms with Crippen molar-refractivity contribution in [2.75, 3.05) is 40.3 Å². The Morgan fingerprint density at radius 3 is 2.74 bits per heavy atom. The van der Waals surface area contributed by atoms with Crippen LogP contribution in [-0.4, -0.2) is 61.6 Å². The first-order chi connectivity index (χ1) is 10.9. The van der Waals surface area contributed by atoms with Gasteiger partial charge in [-0.1, -0.05) is 0 Å². The molecule has 2 rings (SSSR count). The highest BCUT2D eigenvalue weighted by molar-refractivity contribution is 5.91. The predicted octanol–water partition coefficient (Wildman–Crippen LogP) is 2.88. The van der Waals surface area contributed by atoms with Crippen molar-refractivity contribution in [2.45, 2.75) is 38.7 Å². The molecule has 5 nitrogen and oxygen atoms in total. The highest BCUT2D eigenvalue weighted by Gasteiger charge is 2.31. The first-order valence-corrected chi connectivity index (χ1v) is 8.49. The Hall–Kier alpha value is -1.33. The summed E-state index contributed by atoms with van der Waals surface area (Å²) in [5, 5.41) is 0. The number of amides is 1. The highest BCUT2D eigenvalue weighted by atomic mass is 16.5. The summed E-state index contributed by atoms with van der Waals surface area (Å²) in [6, 6.07) is 3.51. The van der Waals surface area contributed by atoms with E-state index in [1.54, 1.807) is 18.4 Å². The van der Waals surface area contributed by atoms with Gasteiger partial charge >= 0.3 is 0 Å². The summed E-state index contributed by atoms with van der Waals surface area (Å²) in [4.78, 5) is 16.8. The van der Waals surface area contributed by atoms with Gasteiger partial charge in [0.1, 0.15) is 0 Å². The smallest absolute Gasteiger partial charge is 0.289 e. The van der Waals surface area contributed by atoms with E-state index in [9.17, 15) is 4.79 Å². The minimum atomic E-state index is -0.0913. The van der Waals surface area contributed by atoms with Crippen molar-refractivity contribution < 1.29 is 13.9 Å². The second kappa shape index (κ2) is 7.97. The van der Waals surface area contributed by atoms with Gasteiger partial charge < -0.3 is 19.0 Å². The predicted molar refractivity (Wildman–Crippen MR) is 90.5 cm³/mol. The lowest BCUT2D eigenvalue weighted by Gasteiger charge is -2.37. The Morgan fingerprint density at radius 2 is 2.13 bits per heavy atom. The average Bonchev–Trinajstić information content (AvgIpc) is 2.98. The topological polar surface area (TPSA) is 45.9 Å². The molecule has 5 heteroatoms. The number of carbonyl (C=O) groups excluding carboxylic acids is 1. The van der Waals surface area contributed by atoms with Crippen LogP contribution < -0.4 is 0 Å². The van der Waals surface area contributed by atoms with Gasteiger partial charge in [0.2, 0.25) is 0 Å². The fraction of sp³-hybridized carbons (Fsp3) is 0.722. The van der Waals surface area contributed by atoms with E-state index in [4.69, 9.17) is 9.15 Å². The zero-order chi connectivity index (χ0) is 16.9. The molecule has 0 unspecified atom stereocenters. The molecule has 0 bridgehead atoms. The molecule has 1 aromatic heterocycles. The molecule has 1 saturated heterocycles. The number of rotatable bonds is 7. The van der Waals surface area contributed by atoms with E-state index in [1.807, 2.05) is 4.90 Å². The molecule has 0 N–H and O–H groups in total. The van der Waals surface area contributed by atoms with Crippen LogP contribution in [-0.2, 0) is 4.74 Å². The van der Waals surface area contributed by atoms with Crippen molar-refractivity contribution in [1.82, 2.24) is 9.80 Å². The highest BCUT2D eigenvalue weighted by Crippen LogP contribution is 2.29. The van der Waals surface area contributed by atoms with Crippen LogP contribution in [0.15, 0.2) is 22.8 Å². The lowest BCUT2D eigenvalue weighted by Crippen LogP contribution is -2.42. The molecular formula is C18H30N2O3. The summed E-state index contributed by atoms with van der Waals surface area (Å²) in [6.07, 6.45) is 4.52. The Bertz CT molecular complexity index is 482. The van der Waals surface area contributed by atoms with Gasteiger partial charge in [-0.25, -0.2) is 0 Å². The largest absolute Gasteiger partial charge is 0.459 e. The molecule has 1 fully saturated rings. The van der Waals surface area contributed by atoms with Crippen LogP contribution in [0.4, 0.5) is 0 Å². The van der Waals surface area contributed by atoms with Gasteiger partial charge in [-0.15, -0.1) is 0 Å². The zero-order valence-corrected chi connectivity index (χ0v) is 14.9. The summed E-state index contributed by atoms with van der Waals surface area (Å²) in [5.41, 5.74) is -0.0913. The average molecular weight is 322 g/mol. The number of hydrogen-bond acceptors (Lipinski definition) is 4. The second-order valence-corrected chi connectivity index (χ2v) is 7.35. The second-order valence-electron chi connectivity index (χ2n) is 7.35. The number of nitrogens with zero attached hydrogens (tertiary/aromatic N) is 2. The van der Waals surface area contributed by atoms with Crippen LogP contribution in [0, 0.1) is 5.92 Å². The van der Waals surface area contributed by atoms with E-state index in [0.29, 0.717) is 11.7 Å². The Balaban J connectivity index is 1.99. The third-order valence-electron chi connectivity index (χ3n) is 4.33. The van der Waals surface area contributed by atoms with E-state index in [0.717, 1.165) is 45.5 Å². The summed E-state index contributed by atoms with van der Waals surface area (Å²) in [5.74, 6) is 0.913. The fourth-order valence-electron chi connectivity index (χ4n) is 3.24. The summed E-state index contributed by atoms with van der Waals surface area (Å²) >= 11 is 0. The molecule has 1 aliphatic heterocycles. The molecule has 0 spiro atoms. The summed E-state index contributed by atoms with van der Waals surface area (Å²) in [7, 11) is 4.11. The van der Waals surface area contributed by atoms with Crippen molar-refractivity contribution in [1.29, 1.82) is 0 Å². The normalized spacial score (nSPS) is 20.7. The van der Waals surface area contributed by atoms with Gasteiger partial charge in [-0.05, 0) is 71.8 Å². The molecule has 1 amide bonds. The molecule has 2 heterocycles. The van der Waals surface area contributed by atoms with E-state index < -0.39 is 0 Å². The van der Waals surface area contributed by atoms with Crippen LogP contribution >= 0.6 is 0 Å². The first-order valence-electron chi connectivity index (χ1n) is 8.49. The molecule has 0 aromatic carbocycles. The minimum Gasteiger partial charge on any atom is -0.459 e. The molecule has 1 aromatic rings. The standard InChI is InChI=1S/C18H30N2O3/c1-18(2)13-15(8-12-23-18)14-20(10-6-9-19(3)4)17(21)16-7-5-11-22-16/h5,7,11,15H,6,8-10,12-14H2,1-4H3/t15-/m0/s1. The first kappa shape index (κ1) is 18.0. The van der Waals surface area contributed by atoms with E-state index in [1.165, 1.54) is 0 Å². The Kier molecular flexibility index (Phi) is 6.25. The third-order valence-corrected chi connectivity index (χ3v) is 4.33. The Morgan fingerprint density at radius 1 is 1.35 bits per heavy atom. The minimum absolute atomic E-state index is 0.00180. The van der Waals surface area contributed by atoms with Gasteiger partial charge in [-0.3, -0.25) is 4.79 Å². The van der Waals surface area contributed by atoms with Gasteiger partial charge in [0.05, 0.1) is 11.9 Å². The van der Waals surface area contributed by atoms with Crippen molar-refractivity contribution in [2.24, 2.45) is 5.92 Å². The fourth-order valence-corrected chi connectivity index (χ4v) is 3.24.